The average molecular weight is 306 g/mol. The number of pyridine rings is 1. The lowest BCUT2D eigenvalue weighted by Crippen LogP contribution is -2.39. The van der Waals surface area contributed by atoms with Crippen LogP contribution in [0.5, 0.6) is 0 Å². The van der Waals surface area contributed by atoms with Crippen LogP contribution in [0, 0.1) is 0 Å². The Morgan fingerprint density at radius 2 is 2.05 bits per heavy atom. The van der Waals surface area contributed by atoms with Crippen LogP contribution in [0.2, 0.25) is 0 Å². The molecule has 2 aliphatic heterocycles. The van der Waals surface area contributed by atoms with Gasteiger partial charge in [-0.05, 0) is 30.9 Å². The third kappa shape index (κ3) is 5.02. The fourth-order valence-corrected chi connectivity index (χ4v) is 2.99. The van der Waals surface area contributed by atoms with Gasteiger partial charge in [-0.1, -0.05) is 6.07 Å². The highest BCUT2D eigenvalue weighted by Crippen LogP contribution is 2.17. The fraction of sp³-hybridized carbons (Fsp3) is 0.706. The smallest absolute Gasteiger partial charge is 0.158 e. The maximum atomic E-state index is 6.00. The summed E-state index contributed by atoms with van der Waals surface area (Å²) in [6.07, 6.45) is 8.25. The normalized spacial score (nSPS) is 22.0. The van der Waals surface area contributed by atoms with Gasteiger partial charge in [0.25, 0.3) is 0 Å². The van der Waals surface area contributed by atoms with Crippen molar-refractivity contribution >= 4 is 0 Å². The van der Waals surface area contributed by atoms with Crippen LogP contribution in [0.4, 0.5) is 0 Å². The van der Waals surface area contributed by atoms with E-state index >= 15 is 0 Å². The summed E-state index contributed by atoms with van der Waals surface area (Å²) in [6, 6.07) is 4.02. The van der Waals surface area contributed by atoms with Gasteiger partial charge in [-0.3, -0.25) is 4.98 Å². The number of hydrogen-bond acceptors (Lipinski definition) is 5. The average Bonchev–Trinajstić information content (AvgIpc) is 2.61. The molecule has 0 unspecified atom stereocenters. The van der Waals surface area contributed by atoms with Crippen molar-refractivity contribution in [3.63, 3.8) is 0 Å². The Hall–Kier alpha value is -1.01. The third-order valence-electron chi connectivity index (χ3n) is 4.32. The zero-order chi connectivity index (χ0) is 15.0. The van der Waals surface area contributed by atoms with E-state index in [1.165, 1.54) is 0 Å². The van der Waals surface area contributed by atoms with Gasteiger partial charge in [0.1, 0.15) is 0 Å². The van der Waals surface area contributed by atoms with Crippen molar-refractivity contribution in [1.82, 2.24) is 9.88 Å². The van der Waals surface area contributed by atoms with Gasteiger partial charge in [0, 0.05) is 38.4 Å². The monoisotopic (exact) mass is 306 g/mol. The van der Waals surface area contributed by atoms with Crippen molar-refractivity contribution in [2.75, 3.05) is 32.8 Å². The molecule has 1 aromatic rings. The number of piperidine rings is 1. The van der Waals surface area contributed by atoms with E-state index in [1.54, 1.807) is 6.20 Å². The molecule has 0 saturated carbocycles. The molecule has 5 nitrogen and oxygen atoms in total. The first-order valence-corrected chi connectivity index (χ1v) is 8.36. The molecule has 22 heavy (non-hydrogen) atoms. The first kappa shape index (κ1) is 15.9. The van der Waals surface area contributed by atoms with E-state index in [2.05, 4.69) is 16.0 Å². The second kappa shape index (κ2) is 8.58. The van der Waals surface area contributed by atoms with Crippen molar-refractivity contribution in [3.8, 4) is 0 Å². The van der Waals surface area contributed by atoms with Gasteiger partial charge in [-0.2, -0.15) is 0 Å². The standard InChI is InChI=1S/C17H26N2O3/c1-3-15(13-18-7-1)14-22-16-4-8-19(9-5-16)10-6-17-20-11-2-12-21-17/h1,3,7,13,16-17H,2,4-6,8-12,14H2. The van der Waals surface area contributed by atoms with E-state index < -0.39 is 0 Å². The van der Waals surface area contributed by atoms with Gasteiger partial charge in [0.05, 0.1) is 25.9 Å². The number of rotatable bonds is 6. The Morgan fingerprint density at radius 3 is 2.77 bits per heavy atom. The van der Waals surface area contributed by atoms with Gasteiger partial charge >= 0.3 is 0 Å². The first-order chi connectivity index (χ1) is 10.9. The molecule has 3 heterocycles. The Balaban J connectivity index is 1.30. The number of aromatic nitrogens is 1. The highest BCUT2D eigenvalue weighted by Gasteiger charge is 2.21. The van der Waals surface area contributed by atoms with Crippen molar-refractivity contribution in [2.24, 2.45) is 0 Å². The summed E-state index contributed by atoms with van der Waals surface area (Å²) in [6.45, 7) is 5.61. The van der Waals surface area contributed by atoms with Crippen LogP contribution in [0.15, 0.2) is 24.5 Å². The predicted octanol–water partition coefficient (Wildman–Crippen LogP) is 2.22. The highest BCUT2D eigenvalue weighted by molar-refractivity contribution is 5.06. The molecule has 2 fully saturated rings. The SMILES string of the molecule is c1cncc(COC2CCN(CCC3OCCCO3)CC2)c1. The predicted molar refractivity (Wildman–Crippen MR) is 83.4 cm³/mol. The molecule has 1 aromatic heterocycles. The lowest BCUT2D eigenvalue weighted by Gasteiger charge is -2.33. The van der Waals surface area contributed by atoms with Gasteiger partial charge in [-0.25, -0.2) is 0 Å². The first-order valence-electron chi connectivity index (χ1n) is 8.36. The molecule has 0 bridgehead atoms. The van der Waals surface area contributed by atoms with Crippen LogP contribution in [0.3, 0.4) is 0 Å². The summed E-state index contributed by atoms with van der Waals surface area (Å²) in [7, 11) is 0. The van der Waals surface area contributed by atoms with E-state index in [4.69, 9.17) is 14.2 Å². The fourth-order valence-electron chi connectivity index (χ4n) is 2.99. The number of hydrogen-bond donors (Lipinski definition) is 0. The number of ether oxygens (including phenoxy) is 3. The maximum absolute atomic E-state index is 6.00. The van der Waals surface area contributed by atoms with Gasteiger partial charge in [-0.15, -0.1) is 0 Å². The number of nitrogens with zero attached hydrogens (tertiary/aromatic N) is 2. The molecule has 0 N–H and O–H groups in total. The second-order valence-corrected chi connectivity index (χ2v) is 6.03. The summed E-state index contributed by atoms with van der Waals surface area (Å²) in [5.41, 5.74) is 1.15. The van der Waals surface area contributed by atoms with E-state index in [9.17, 15) is 0 Å². The molecule has 0 radical (unpaired) electrons. The highest BCUT2D eigenvalue weighted by atomic mass is 16.7. The summed E-state index contributed by atoms with van der Waals surface area (Å²) in [5, 5.41) is 0. The maximum Gasteiger partial charge on any atom is 0.158 e. The zero-order valence-electron chi connectivity index (χ0n) is 13.2. The van der Waals surface area contributed by atoms with Gasteiger partial charge in [0.2, 0.25) is 0 Å². The van der Waals surface area contributed by atoms with Crippen molar-refractivity contribution < 1.29 is 14.2 Å². The molecular formula is C17H26N2O3. The number of likely N-dealkylation sites (tertiary alicyclic amines) is 1. The largest absolute Gasteiger partial charge is 0.373 e. The summed E-state index contributed by atoms with van der Waals surface area (Å²) < 4.78 is 17.2. The van der Waals surface area contributed by atoms with Crippen LogP contribution < -0.4 is 0 Å². The molecule has 2 saturated heterocycles. The van der Waals surface area contributed by atoms with Gasteiger partial charge in [0.15, 0.2) is 6.29 Å². The summed E-state index contributed by atoms with van der Waals surface area (Å²) >= 11 is 0. The molecule has 0 aliphatic carbocycles. The molecule has 122 valence electrons. The molecular weight excluding hydrogens is 280 g/mol. The Kier molecular flexibility index (Phi) is 6.19. The minimum Gasteiger partial charge on any atom is -0.373 e. The van der Waals surface area contributed by atoms with E-state index in [0.29, 0.717) is 12.7 Å². The van der Waals surface area contributed by atoms with Crippen molar-refractivity contribution in [2.45, 2.75) is 44.7 Å². The van der Waals surface area contributed by atoms with Crippen LogP contribution in [0.1, 0.15) is 31.2 Å². The Bertz CT molecular complexity index is 415. The molecule has 3 rings (SSSR count). The topological polar surface area (TPSA) is 43.8 Å². The van der Waals surface area contributed by atoms with Gasteiger partial charge < -0.3 is 19.1 Å². The molecule has 5 heteroatoms. The summed E-state index contributed by atoms with van der Waals surface area (Å²) in [4.78, 5) is 6.61. The van der Waals surface area contributed by atoms with E-state index in [1.807, 2.05) is 12.3 Å². The van der Waals surface area contributed by atoms with Crippen LogP contribution in [0.25, 0.3) is 0 Å². The van der Waals surface area contributed by atoms with Crippen molar-refractivity contribution in [3.05, 3.63) is 30.1 Å². The quantitative estimate of drug-likeness (QED) is 0.806. The van der Waals surface area contributed by atoms with Crippen LogP contribution in [-0.4, -0.2) is 55.1 Å². The van der Waals surface area contributed by atoms with Crippen LogP contribution in [-0.2, 0) is 20.8 Å². The van der Waals surface area contributed by atoms with E-state index in [-0.39, 0.29) is 6.29 Å². The summed E-state index contributed by atoms with van der Waals surface area (Å²) in [5.74, 6) is 0. The molecule has 0 amide bonds. The minimum absolute atomic E-state index is 0.00769. The Morgan fingerprint density at radius 1 is 1.23 bits per heavy atom. The van der Waals surface area contributed by atoms with Crippen LogP contribution >= 0.6 is 0 Å². The lowest BCUT2D eigenvalue weighted by atomic mass is 10.1. The minimum atomic E-state index is 0.00769. The Labute approximate surface area is 132 Å². The van der Waals surface area contributed by atoms with Crippen molar-refractivity contribution in [1.29, 1.82) is 0 Å². The van der Waals surface area contributed by atoms with E-state index in [0.717, 1.165) is 64.1 Å². The molecule has 2 aliphatic rings. The third-order valence-corrected chi connectivity index (χ3v) is 4.32. The molecule has 0 spiro atoms. The zero-order valence-corrected chi connectivity index (χ0v) is 13.2. The second-order valence-electron chi connectivity index (χ2n) is 6.03. The molecule has 0 aromatic carbocycles. The lowest BCUT2D eigenvalue weighted by molar-refractivity contribution is -0.183. The molecule has 0 atom stereocenters.